The molecule has 1 saturated heterocycles. The van der Waals surface area contributed by atoms with E-state index in [1.54, 1.807) is 36.2 Å². The summed E-state index contributed by atoms with van der Waals surface area (Å²) >= 11 is 0. The fourth-order valence-corrected chi connectivity index (χ4v) is 3.53. The van der Waals surface area contributed by atoms with Crippen molar-refractivity contribution in [3.8, 4) is 0 Å². The summed E-state index contributed by atoms with van der Waals surface area (Å²) < 4.78 is 0. The third kappa shape index (κ3) is 5.92. The SMILES string of the molecule is CN(C)CCN(C)C(=O)c1cccc(Nc2nc(N3CCC[C@H](N)C3)ncc2C(N)=O)c1. The molecule has 3 rings (SSSR count). The van der Waals surface area contributed by atoms with Gasteiger partial charge in [-0.15, -0.1) is 0 Å². The topological polar surface area (TPSA) is 134 Å². The smallest absolute Gasteiger partial charge is 0.254 e. The van der Waals surface area contributed by atoms with E-state index in [1.165, 1.54) is 6.20 Å². The second-order valence-electron chi connectivity index (χ2n) is 8.38. The van der Waals surface area contributed by atoms with Crippen LogP contribution in [0.25, 0.3) is 0 Å². The number of nitrogens with one attached hydrogen (secondary N) is 1. The zero-order valence-corrected chi connectivity index (χ0v) is 18.9. The van der Waals surface area contributed by atoms with Crippen molar-refractivity contribution in [1.82, 2.24) is 19.8 Å². The molecule has 1 fully saturated rings. The number of hydrogen-bond acceptors (Lipinski definition) is 8. The Labute approximate surface area is 188 Å². The Balaban J connectivity index is 1.82. The lowest BCUT2D eigenvalue weighted by atomic mass is 10.1. The maximum absolute atomic E-state index is 12.8. The van der Waals surface area contributed by atoms with Crippen molar-refractivity contribution >= 4 is 29.3 Å². The molecule has 172 valence electrons. The molecule has 2 aromatic rings. The summed E-state index contributed by atoms with van der Waals surface area (Å²) in [5.74, 6) is 0.0665. The van der Waals surface area contributed by atoms with Crippen molar-refractivity contribution in [2.45, 2.75) is 18.9 Å². The van der Waals surface area contributed by atoms with Gasteiger partial charge in [0.1, 0.15) is 11.4 Å². The van der Waals surface area contributed by atoms with Crippen molar-refractivity contribution in [2.24, 2.45) is 11.5 Å². The zero-order chi connectivity index (χ0) is 23.3. The third-order valence-electron chi connectivity index (χ3n) is 5.38. The molecule has 2 heterocycles. The molecule has 0 aliphatic carbocycles. The standard InChI is InChI=1S/C22H32N8O2/c1-28(2)10-11-29(3)21(32)15-6-4-8-17(12-15)26-20-18(19(24)31)13-25-22(27-20)30-9-5-7-16(23)14-30/h4,6,8,12-13,16H,5,7,9-11,14,23H2,1-3H3,(H2,24,31)(H,25,26,27)/t16-/m0/s1. The largest absolute Gasteiger partial charge is 0.365 e. The summed E-state index contributed by atoms with van der Waals surface area (Å²) in [6, 6.07) is 7.14. The van der Waals surface area contributed by atoms with Gasteiger partial charge in [0.2, 0.25) is 5.95 Å². The number of carbonyl (C=O) groups is 2. The lowest BCUT2D eigenvalue weighted by Crippen LogP contribution is -2.43. The van der Waals surface area contributed by atoms with Gasteiger partial charge in [0, 0.05) is 56.7 Å². The third-order valence-corrected chi connectivity index (χ3v) is 5.38. The zero-order valence-electron chi connectivity index (χ0n) is 18.9. The van der Waals surface area contributed by atoms with Gasteiger partial charge in [0.05, 0.1) is 0 Å². The molecular formula is C22H32N8O2. The quantitative estimate of drug-likeness (QED) is 0.551. The summed E-state index contributed by atoms with van der Waals surface area (Å²) in [6.45, 7) is 2.83. The summed E-state index contributed by atoms with van der Waals surface area (Å²) in [6.07, 6.45) is 3.35. The molecule has 10 heteroatoms. The molecule has 0 unspecified atom stereocenters. The number of anilines is 3. The minimum absolute atomic E-state index is 0.0618. The molecule has 0 spiro atoms. The van der Waals surface area contributed by atoms with Gasteiger partial charge in [-0.3, -0.25) is 9.59 Å². The fourth-order valence-electron chi connectivity index (χ4n) is 3.53. The van der Waals surface area contributed by atoms with Gasteiger partial charge in [-0.25, -0.2) is 4.98 Å². The highest BCUT2D eigenvalue weighted by molar-refractivity contribution is 5.98. The van der Waals surface area contributed by atoms with Crippen LogP contribution in [0.3, 0.4) is 0 Å². The molecule has 0 bridgehead atoms. The predicted molar refractivity (Wildman–Crippen MR) is 125 cm³/mol. The summed E-state index contributed by atoms with van der Waals surface area (Å²) in [4.78, 5) is 39.3. The van der Waals surface area contributed by atoms with Gasteiger partial charge in [0.25, 0.3) is 11.8 Å². The first-order valence-corrected chi connectivity index (χ1v) is 10.7. The Hall–Kier alpha value is -3.24. The number of carbonyl (C=O) groups excluding carboxylic acids is 2. The van der Waals surface area contributed by atoms with E-state index in [4.69, 9.17) is 11.5 Å². The van der Waals surface area contributed by atoms with E-state index in [0.29, 0.717) is 36.1 Å². The van der Waals surface area contributed by atoms with Gasteiger partial charge >= 0.3 is 0 Å². The Kier molecular flexibility index (Phi) is 7.60. The number of benzene rings is 1. The second kappa shape index (κ2) is 10.4. The maximum atomic E-state index is 12.8. The van der Waals surface area contributed by atoms with Crippen molar-refractivity contribution in [2.75, 3.05) is 57.5 Å². The van der Waals surface area contributed by atoms with Crippen LogP contribution in [-0.4, -0.2) is 84.9 Å². The molecule has 32 heavy (non-hydrogen) atoms. The van der Waals surface area contributed by atoms with E-state index in [0.717, 1.165) is 25.9 Å². The molecule has 1 aliphatic rings. The molecule has 1 aromatic heterocycles. The first-order valence-electron chi connectivity index (χ1n) is 10.7. The Bertz CT molecular complexity index is 965. The molecule has 1 aromatic carbocycles. The summed E-state index contributed by atoms with van der Waals surface area (Å²) in [7, 11) is 5.70. The number of likely N-dealkylation sites (N-methyl/N-ethyl adjacent to an activating group) is 2. The number of piperidine rings is 1. The summed E-state index contributed by atoms with van der Waals surface area (Å²) in [5.41, 5.74) is 13.0. The van der Waals surface area contributed by atoms with Gasteiger partial charge in [-0.1, -0.05) is 6.07 Å². The minimum atomic E-state index is -0.634. The number of rotatable bonds is 8. The molecule has 2 amide bonds. The lowest BCUT2D eigenvalue weighted by molar-refractivity contribution is 0.0786. The van der Waals surface area contributed by atoms with Crippen LogP contribution in [0.4, 0.5) is 17.5 Å². The van der Waals surface area contributed by atoms with E-state index in [-0.39, 0.29) is 17.5 Å². The lowest BCUT2D eigenvalue weighted by Gasteiger charge is -2.31. The monoisotopic (exact) mass is 440 g/mol. The molecule has 1 aliphatic heterocycles. The highest BCUT2D eigenvalue weighted by atomic mass is 16.2. The number of amides is 2. The molecular weight excluding hydrogens is 408 g/mol. The number of primary amides is 1. The second-order valence-corrected chi connectivity index (χ2v) is 8.38. The minimum Gasteiger partial charge on any atom is -0.365 e. The normalized spacial score (nSPS) is 16.2. The van der Waals surface area contributed by atoms with Crippen LogP contribution in [0.1, 0.15) is 33.6 Å². The molecule has 5 N–H and O–H groups in total. The predicted octanol–water partition coefficient (Wildman–Crippen LogP) is 0.880. The number of nitrogens with zero attached hydrogens (tertiary/aromatic N) is 5. The average Bonchev–Trinajstić information content (AvgIpc) is 2.77. The fraction of sp³-hybridized carbons (Fsp3) is 0.455. The first-order chi connectivity index (χ1) is 15.2. The van der Waals surface area contributed by atoms with Crippen molar-refractivity contribution in [1.29, 1.82) is 0 Å². The van der Waals surface area contributed by atoms with Gasteiger partial charge in [-0.2, -0.15) is 4.98 Å². The Morgan fingerprint density at radius 1 is 1.25 bits per heavy atom. The average molecular weight is 441 g/mol. The Morgan fingerprint density at radius 3 is 2.72 bits per heavy atom. The van der Waals surface area contributed by atoms with Crippen molar-refractivity contribution in [3.63, 3.8) is 0 Å². The number of aromatic nitrogens is 2. The van der Waals surface area contributed by atoms with Gasteiger partial charge < -0.3 is 31.5 Å². The van der Waals surface area contributed by atoms with E-state index < -0.39 is 5.91 Å². The van der Waals surface area contributed by atoms with Crippen molar-refractivity contribution < 1.29 is 9.59 Å². The maximum Gasteiger partial charge on any atom is 0.254 e. The highest BCUT2D eigenvalue weighted by Crippen LogP contribution is 2.23. The van der Waals surface area contributed by atoms with Crippen LogP contribution in [0, 0.1) is 0 Å². The Morgan fingerprint density at radius 2 is 2.03 bits per heavy atom. The van der Waals surface area contributed by atoms with Crippen LogP contribution >= 0.6 is 0 Å². The highest BCUT2D eigenvalue weighted by Gasteiger charge is 2.21. The molecule has 1 atom stereocenters. The van der Waals surface area contributed by atoms with Crippen LogP contribution in [0.5, 0.6) is 0 Å². The molecule has 10 nitrogen and oxygen atoms in total. The van der Waals surface area contributed by atoms with Gasteiger partial charge in [-0.05, 0) is 45.1 Å². The number of nitrogens with two attached hydrogens (primary N) is 2. The van der Waals surface area contributed by atoms with E-state index in [1.807, 2.05) is 23.9 Å². The van der Waals surface area contributed by atoms with E-state index in [2.05, 4.69) is 15.3 Å². The summed E-state index contributed by atoms with van der Waals surface area (Å²) in [5, 5.41) is 3.14. The van der Waals surface area contributed by atoms with Gasteiger partial charge in [0.15, 0.2) is 0 Å². The van der Waals surface area contributed by atoms with E-state index in [9.17, 15) is 9.59 Å². The molecule has 0 saturated carbocycles. The van der Waals surface area contributed by atoms with Crippen LogP contribution < -0.4 is 21.7 Å². The first kappa shape index (κ1) is 23.4. The van der Waals surface area contributed by atoms with Crippen molar-refractivity contribution in [3.05, 3.63) is 41.6 Å². The van der Waals surface area contributed by atoms with E-state index >= 15 is 0 Å². The number of hydrogen-bond donors (Lipinski definition) is 3. The van der Waals surface area contributed by atoms with Crippen LogP contribution in [0.2, 0.25) is 0 Å². The molecule has 0 radical (unpaired) electrons. The van der Waals surface area contributed by atoms with Crippen LogP contribution in [0.15, 0.2) is 30.5 Å². The van der Waals surface area contributed by atoms with Crippen LogP contribution in [-0.2, 0) is 0 Å².